The van der Waals surface area contributed by atoms with Gasteiger partial charge in [-0.1, -0.05) is 0 Å². The Morgan fingerprint density at radius 1 is 1.62 bits per heavy atom. The Balaban J connectivity index is 3.08. The normalized spacial score (nSPS) is 9.12. The Bertz CT molecular complexity index is 171. The number of rotatable bonds is 0. The summed E-state index contributed by atoms with van der Waals surface area (Å²) >= 11 is 0. The van der Waals surface area contributed by atoms with Crippen molar-refractivity contribution in [1.82, 2.24) is 9.97 Å². The Hall–Kier alpha value is -1.19. The standard InChI is InChI=1S/C4H4FN3/c5-4-7-2-1-3(6)8-4/h1-2H,(H2,6,7,8). The predicted octanol–water partition coefficient (Wildman–Crippen LogP) is 0.198. The number of halogens is 1. The van der Waals surface area contributed by atoms with Crippen LogP contribution < -0.4 is 5.73 Å². The molecule has 1 rings (SSSR count). The van der Waals surface area contributed by atoms with E-state index in [9.17, 15) is 4.39 Å². The molecule has 3 nitrogen and oxygen atoms in total. The van der Waals surface area contributed by atoms with Gasteiger partial charge in [0.15, 0.2) is 0 Å². The first-order valence-electron chi connectivity index (χ1n) is 2.03. The molecular formula is C4H4FN3. The van der Waals surface area contributed by atoms with E-state index in [1.165, 1.54) is 12.3 Å². The fourth-order valence-electron chi connectivity index (χ4n) is 0.348. The van der Waals surface area contributed by atoms with Gasteiger partial charge in [-0.2, -0.15) is 9.37 Å². The van der Waals surface area contributed by atoms with Crippen LogP contribution in [0.1, 0.15) is 0 Å². The highest BCUT2D eigenvalue weighted by Crippen LogP contribution is 1.91. The lowest BCUT2D eigenvalue weighted by Gasteiger charge is -1.86. The van der Waals surface area contributed by atoms with Crippen LogP contribution in [0, 0.1) is 6.08 Å². The molecule has 0 saturated carbocycles. The second-order valence-corrected chi connectivity index (χ2v) is 1.25. The van der Waals surface area contributed by atoms with Crippen LogP contribution in [-0.2, 0) is 0 Å². The van der Waals surface area contributed by atoms with E-state index in [2.05, 4.69) is 9.97 Å². The zero-order chi connectivity index (χ0) is 5.98. The lowest BCUT2D eigenvalue weighted by molar-refractivity contribution is 0.541. The van der Waals surface area contributed by atoms with Gasteiger partial charge in [0, 0.05) is 6.20 Å². The number of nitrogen functional groups attached to an aromatic ring is 1. The number of hydrogen-bond donors (Lipinski definition) is 1. The molecule has 8 heavy (non-hydrogen) atoms. The summed E-state index contributed by atoms with van der Waals surface area (Å²) in [5.41, 5.74) is 5.07. The number of aromatic nitrogens is 2. The topological polar surface area (TPSA) is 51.8 Å². The Morgan fingerprint density at radius 3 is 2.75 bits per heavy atom. The quantitative estimate of drug-likeness (QED) is 0.489. The Kier molecular flexibility index (Phi) is 1.07. The number of nitrogens with zero attached hydrogens (tertiary/aromatic N) is 2. The Morgan fingerprint density at radius 2 is 2.38 bits per heavy atom. The molecular weight excluding hydrogens is 109 g/mol. The van der Waals surface area contributed by atoms with Crippen molar-refractivity contribution in [3.05, 3.63) is 18.3 Å². The summed E-state index contributed by atoms with van der Waals surface area (Å²) in [7, 11) is 0. The van der Waals surface area contributed by atoms with Crippen molar-refractivity contribution >= 4 is 5.82 Å². The van der Waals surface area contributed by atoms with Crippen molar-refractivity contribution in [3.8, 4) is 0 Å². The maximum Gasteiger partial charge on any atom is 0.310 e. The van der Waals surface area contributed by atoms with Gasteiger partial charge in [-0.05, 0) is 6.07 Å². The molecule has 0 aliphatic carbocycles. The van der Waals surface area contributed by atoms with E-state index in [1.54, 1.807) is 0 Å². The first-order valence-corrected chi connectivity index (χ1v) is 2.03. The van der Waals surface area contributed by atoms with Crippen LogP contribution in [0.5, 0.6) is 0 Å². The summed E-state index contributed by atoms with van der Waals surface area (Å²) in [6.45, 7) is 0. The summed E-state index contributed by atoms with van der Waals surface area (Å²) in [6, 6.07) is 1.42. The van der Waals surface area contributed by atoms with Crippen LogP contribution in [0.25, 0.3) is 0 Å². The first-order chi connectivity index (χ1) is 3.79. The summed E-state index contributed by atoms with van der Waals surface area (Å²) < 4.78 is 11.9. The monoisotopic (exact) mass is 113 g/mol. The van der Waals surface area contributed by atoms with Gasteiger partial charge in [0.05, 0.1) is 0 Å². The molecule has 1 heterocycles. The molecule has 1 aromatic heterocycles. The lowest BCUT2D eigenvalue weighted by Crippen LogP contribution is -1.93. The van der Waals surface area contributed by atoms with E-state index >= 15 is 0 Å². The smallest absolute Gasteiger partial charge is 0.310 e. The Labute approximate surface area is 45.4 Å². The van der Waals surface area contributed by atoms with Crippen LogP contribution in [0.4, 0.5) is 10.2 Å². The molecule has 0 saturated heterocycles. The molecule has 0 atom stereocenters. The molecule has 0 amide bonds. The molecule has 0 aliphatic rings. The average Bonchev–Trinajstić information content (AvgIpc) is 1.64. The van der Waals surface area contributed by atoms with Crippen LogP contribution >= 0.6 is 0 Å². The zero-order valence-corrected chi connectivity index (χ0v) is 4.00. The first kappa shape index (κ1) is 4.96. The van der Waals surface area contributed by atoms with Gasteiger partial charge in [-0.25, -0.2) is 4.98 Å². The van der Waals surface area contributed by atoms with Gasteiger partial charge >= 0.3 is 6.08 Å². The predicted molar refractivity (Wildman–Crippen MR) is 26.4 cm³/mol. The summed E-state index contributed by atoms with van der Waals surface area (Å²) in [4.78, 5) is 6.36. The highest BCUT2D eigenvalue weighted by atomic mass is 19.1. The molecule has 1 aromatic rings. The van der Waals surface area contributed by atoms with E-state index in [0.717, 1.165) is 0 Å². The second kappa shape index (κ2) is 1.73. The van der Waals surface area contributed by atoms with Crippen LogP contribution in [0.15, 0.2) is 12.3 Å². The van der Waals surface area contributed by atoms with Crippen LogP contribution in [-0.4, -0.2) is 9.97 Å². The van der Waals surface area contributed by atoms with E-state index in [0.29, 0.717) is 0 Å². The largest absolute Gasteiger partial charge is 0.384 e. The maximum absolute atomic E-state index is 11.9. The molecule has 2 N–H and O–H groups in total. The summed E-state index contributed by atoms with van der Waals surface area (Å²) in [5, 5.41) is 0. The number of anilines is 1. The summed E-state index contributed by atoms with van der Waals surface area (Å²) in [6.07, 6.45) is 0.475. The van der Waals surface area contributed by atoms with Crippen molar-refractivity contribution in [3.63, 3.8) is 0 Å². The van der Waals surface area contributed by atoms with Gasteiger partial charge in [-0.15, -0.1) is 0 Å². The third-order valence-corrected chi connectivity index (χ3v) is 0.648. The molecule has 0 unspecified atom stereocenters. The highest BCUT2D eigenvalue weighted by Gasteiger charge is 1.88. The van der Waals surface area contributed by atoms with Crippen molar-refractivity contribution < 1.29 is 4.39 Å². The van der Waals surface area contributed by atoms with Gasteiger partial charge in [0.1, 0.15) is 5.82 Å². The van der Waals surface area contributed by atoms with Gasteiger partial charge < -0.3 is 5.73 Å². The minimum atomic E-state index is -0.787. The molecule has 0 aromatic carbocycles. The molecule has 0 spiro atoms. The molecule has 0 radical (unpaired) electrons. The van der Waals surface area contributed by atoms with Crippen molar-refractivity contribution in [2.24, 2.45) is 0 Å². The third-order valence-electron chi connectivity index (χ3n) is 0.648. The average molecular weight is 113 g/mol. The third kappa shape index (κ3) is 0.900. The summed E-state index contributed by atoms with van der Waals surface area (Å²) in [5.74, 6) is 0.150. The molecule has 0 aliphatic heterocycles. The maximum atomic E-state index is 11.9. The number of nitrogens with two attached hydrogens (primary N) is 1. The van der Waals surface area contributed by atoms with Crippen molar-refractivity contribution in [1.29, 1.82) is 0 Å². The second-order valence-electron chi connectivity index (χ2n) is 1.25. The molecule has 4 heteroatoms. The van der Waals surface area contributed by atoms with Gasteiger partial charge in [0.25, 0.3) is 0 Å². The van der Waals surface area contributed by atoms with E-state index in [-0.39, 0.29) is 5.82 Å². The lowest BCUT2D eigenvalue weighted by atomic mass is 10.6. The van der Waals surface area contributed by atoms with E-state index in [4.69, 9.17) is 5.73 Å². The fourth-order valence-corrected chi connectivity index (χ4v) is 0.348. The fraction of sp³-hybridized carbons (Fsp3) is 0. The van der Waals surface area contributed by atoms with Crippen LogP contribution in [0.2, 0.25) is 0 Å². The van der Waals surface area contributed by atoms with E-state index < -0.39 is 6.08 Å². The minimum Gasteiger partial charge on any atom is -0.384 e. The molecule has 0 fully saturated rings. The van der Waals surface area contributed by atoms with E-state index in [1.807, 2.05) is 0 Å². The van der Waals surface area contributed by atoms with Crippen molar-refractivity contribution in [2.75, 3.05) is 5.73 Å². The van der Waals surface area contributed by atoms with Crippen molar-refractivity contribution in [2.45, 2.75) is 0 Å². The van der Waals surface area contributed by atoms with Crippen LogP contribution in [0.3, 0.4) is 0 Å². The minimum absolute atomic E-state index is 0.150. The highest BCUT2D eigenvalue weighted by molar-refractivity contribution is 5.22. The zero-order valence-electron chi connectivity index (χ0n) is 4.00. The molecule has 0 bridgehead atoms. The number of hydrogen-bond acceptors (Lipinski definition) is 3. The molecule has 42 valence electrons. The SMILES string of the molecule is Nc1ccnc(F)n1. The van der Waals surface area contributed by atoms with Gasteiger partial charge in [-0.3, -0.25) is 0 Å². The van der Waals surface area contributed by atoms with Gasteiger partial charge in [0.2, 0.25) is 0 Å².